The highest BCUT2D eigenvalue weighted by atomic mass is 19.1. The number of aromatic hydroxyl groups is 1. The quantitative estimate of drug-likeness (QED) is 0.802. The molecule has 0 saturated heterocycles. The van der Waals surface area contributed by atoms with Gasteiger partial charge in [-0.25, -0.2) is 4.39 Å². The average Bonchev–Trinajstić information content (AvgIpc) is 2.09. The number of hydrogen-bond acceptors (Lipinski definition) is 3. The van der Waals surface area contributed by atoms with Gasteiger partial charge in [-0.15, -0.1) is 0 Å². The van der Waals surface area contributed by atoms with E-state index in [-0.39, 0.29) is 11.3 Å². The summed E-state index contributed by atoms with van der Waals surface area (Å²) in [5, 5.41) is 19.1. The van der Waals surface area contributed by atoms with Crippen LogP contribution in [0.4, 0.5) is 4.39 Å². The highest BCUT2D eigenvalue weighted by Crippen LogP contribution is 2.29. The summed E-state index contributed by atoms with van der Waals surface area (Å²) in [5.74, 6) is -0.472. The Morgan fingerprint density at radius 2 is 2.00 bits per heavy atom. The van der Waals surface area contributed by atoms with E-state index in [0.717, 1.165) is 6.07 Å². The van der Waals surface area contributed by atoms with Crippen molar-refractivity contribution in [1.82, 2.24) is 4.90 Å². The molecule has 1 rings (SSSR count). The Morgan fingerprint density at radius 3 is 2.47 bits per heavy atom. The van der Waals surface area contributed by atoms with E-state index in [1.165, 1.54) is 13.0 Å². The van der Waals surface area contributed by atoms with Crippen molar-refractivity contribution >= 4 is 0 Å². The molecule has 0 aliphatic carbocycles. The summed E-state index contributed by atoms with van der Waals surface area (Å²) < 4.78 is 13.2. The van der Waals surface area contributed by atoms with Crippen molar-refractivity contribution in [2.45, 2.75) is 19.6 Å². The summed E-state index contributed by atoms with van der Waals surface area (Å²) in [6.45, 7) is 1.93. The minimum Gasteiger partial charge on any atom is -0.507 e. The minimum absolute atomic E-state index is 0.0277. The molecule has 84 valence electrons. The number of nitrogens with zero attached hydrogens (tertiary/aromatic N) is 1. The first-order valence-electron chi connectivity index (χ1n) is 4.76. The lowest BCUT2D eigenvalue weighted by Gasteiger charge is -2.15. The van der Waals surface area contributed by atoms with Crippen molar-refractivity contribution in [3.63, 3.8) is 0 Å². The van der Waals surface area contributed by atoms with E-state index in [4.69, 9.17) is 0 Å². The van der Waals surface area contributed by atoms with E-state index < -0.39 is 11.9 Å². The molecule has 1 aromatic rings. The molecule has 0 aliphatic rings. The third-order valence-electron chi connectivity index (χ3n) is 2.12. The second-order valence-corrected chi connectivity index (χ2v) is 3.92. The van der Waals surface area contributed by atoms with Crippen LogP contribution in [-0.4, -0.2) is 29.2 Å². The molecule has 0 heterocycles. The van der Waals surface area contributed by atoms with Crippen LogP contribution in [0.15, 0.2) is 12.1 Å². The van der Waals surface area contributed by atoms with Gasteiger partial charge in [0.25, 0.3) is 0 Å². The molecule has 1 unspecified atom stereocenters. The molecule has 0 spiro atoms. The first-order chi connectivity index (χ1) is 6.91. The Kier molecular flexibility index (Phi) is 3.66. The van der Waals surface area contributed by atoms with Crippen molar-refractivity contribution in [2.24, 2.45) is 0 Å². The maximum absolute atomic E-state index is 13.2. The molecule has 0 bridgehead atoms. The van der Waals surface area contributed by atoms with Gasteiger partial charge in [0, 0.05) is 17.7 Å². The molecular formula is C11H16FNO2. The van der Waals surface area contributed by atoms with Crippen LogP contribution in [0.3, 0.4) is 0 Å². The molecular weight excluding hydrogens is 197 g/mol. The maximum Gasteiger partial charge on any atom is 0.126 e. The number of aliphatic hydroxyl groups is 1. The minimum atomic E-state index is -0.874. The second kappa shape index (κ2) is 4.59. The third-order valence-corrected chi connectivity index (χ3v) is 2.12. The largest absolute Gasteiger partial charge is 0.507 e. The average molecular weight is 213 g/mol. The van der Waals surface area contributed by atoms with E-state index in [0.29, 0.717) is 12.1 Å². The molecule has 0 radical (unpaired) electrons. The monoisotopic (exact) mass is 213 g/mol. The van der Waals surface area contributed by atoms with Gasteiger partial charge in [0.15, 0.2) is 0 Å². The lowest BCUT2D eigenvalue weighted by Crippen LogP contribution is -2.11. The maximum atomic E-state index is 13.2. The molecule has 15 heavy (non-hydrogen) atoms. The summed E-state index contributed by atoms with van der Waals surface area (Å²) in [6, 6.07) is 2.43. The SMILES string of the molecule is CC(O)c1cc(F)cc(CN(C)C)c1O. The first-order valence-corrected chi connectivity index (χ1v) is 4.76. The van der Waals surface area contributed by atoms with Crippen LogP contribution < -0.4 is 0 Å². The zero-order valence-corrected chi connectivity index (χ0v) is 9.16. The zero-order chi connectivity index (χ0) is 11.6. The van der Waals surface area contributed by atoms with Crippen LogP contribution in [0, 0.1) is 5.82 Å². The van der Waals surface area contributed by atoms with Gasteiger partial charge >= 0.3 is 0 Å². The highest BCUT2D eigenvalue weighted by molar-refractivity contribution is 5.42. The van der Waals surface area contributed by atoms with Gasteiger partial charge in [0.2, 0.25) is 0 Å². The Morgan fingerprint density at radius 1 is 1.40 bits per heavy atom. The van der Waals surface area contributed by atoms with Crippen LogP contribution in [0.1, 0.15) is 24.2 Å². The van der Waals surface area contributed by atoms with Gasteiger partial charge in [0.05, 0.1) is 6.10 Å². The van der Waals surface area contributed by atoms with E-state index in [2.05, 4.69) is 0 Å². The predicted octanol–water partition coefficient (Wildman–Crippen LogP) is 1.65. The summed E-state index contributed by atoms with van der Waals surface area (Å²) in [4.78, 5) is 1.82. The zero-order valence-electron chi connectivity index (χ0n) is 9.16. The van der Waals surface area contributed by atoms with E-state index >= 15 is 0 Å². The van der Waals surface area contributed by atoms with Crippen molar-refractivity contribution in [3.05, 3.63) is 29.1 Å². The normalized spacial score (nSPS) is 13.2. The van der Waals surface area contributed by atoms with Gasteiger partial charge in [-0.3, -0.25) is 0 Å². The summed E-state index contributed by atoms with van der Waals surface area (Å²) in [6.07, 6.45) is -0.874. The van der Waals surface area contributed by atoms with E-state index in [1.807, 2.05) is 19.0 Å². The van der Waals surface area contributed by atoms with Crippen LogP contribution in [0.5, 0.6) is 5.75 Å². The molecule has 0 aliphatic heterocycles. The molecule has 0 amide bonds. The smallest absolute Gasteiger partial charge is 0.126 e. The summed E-state index contributed by atoms with van der Waals surface area (Å²) in [5.41, 5.74) is 0.711. The molecule has 2 N–H and O–H groups in total. The predicted molar refractivity (Wildman–Crippen MR) is 56.1 cm³/mol. The third kappa shape index (κ3) is 2.91. The molecule has 0 fully saturated rings. The van der Waals surface area contributed by atoms with Crippen LogP contribution in [-0.2, 0) is 6.54 Å². The van der Waals surface area contributed by atoms with Crippen LogP contribution in [0.2, 0.25) is 0 Å². The molecule has 3 nitrogen and oxygen atoms in total. The number of aliphatic hydroxyl groups excluding tert-OH is 1. The molecule has 0 saturated carbocycles. The van der Waals surface area contributed by atoms with Gasteiger partial charge in [-0.05, 0) is 33.2 Å². The fraction of sp³-hybridized carbons (Fsp3) is 0.455. The molecule has 4 heteroatoms. The molecule has 1 aromatic carbocycles. The van der Waals surface area contributed by atoms with Gasteiger partial charge in [0.1, 0.15) is 11.6 Å². The topological polar surface area (TPSA) is 43.7 Å². The number of rotatable bonds is 3. The van der Waals surface area contributed by atoms with Gasteiger partial charge < -0.3 is 15.1 Å². The standard InChI is InChI=1S/C11H16FNO2/c1-7(14)10-5-9(12)4-8(11(10)15)6-13(2)3/h4-5,7,14-15H,6H2,1-3H3. The lowest BCUT2D eigenvalue weighted by atomic mass is 10.0. The van der Waals surface area contributed by atoms with Crippen molar-refractivity contribution < 1.29 is 14.6 Å². The number of hydrogen-bond donors (Lipinski definition) is 2. The second-order valence-electron chi connectivity index (χ2n) is 3.92. The summed E-state index contributed by atoms with van der Waals surface area (Å²) in [7, 11) is 3.65. The number of phenolic OH excluding ortho intramolecular Hbond substituents is 1. The Hall–Kier alpha value is -1.13. The highest BCUT2D eigenvalue weighted by Gasteiger charge is 2.14. The Balaban J connectivity index is 3.16. The Bertz CT molecular complexity index is 351. The van der Waals surface area contributed by atoms with Crippen LogP contribution in [0.25, 0.3) is 0 Å². The number of halogens is 1. The van der Waals surface area contributed by atoms with Gasteiger partial charge in [-0.1, -0.05) is 0 Å². The lowest BCUT2D eigenvalue weighted by molar-refractivity contribution is 0.194. The van der Waals surface area contributed by atoms with Gasteiger partial charge in [-0.2, -0.15) is 0 Å². The molecule has 1 atom stereocenters. The summed E-state index contributed by atoms with van der Waals surface area (Å²) >= 11 is 0. The van der Waals surface area contributed by atoms with Crippen molar-refractivity contribution in [1.29, 1.82) is 0 Å². The first kappa shape index (κ1) is 11.9. The fourth-order valence-electron chi connectivity index (χ4n) is 1.46. The number of phenols is 1. The van der Waals surface area contributed by atoms with Crippen molar-refractivity contribution in [3.8, 4) is 5.75 Å². The Labute approximate surface area is 88.8 Å². The van der Waals surface area contributed by atoms with Crippen LogP contribution >= 0.6 is 0 Å². The fourth-order valence-corrected chi connectivity index (χ4v) is 1.46. The van der Waals surface area contributed by atoms with E-state index in [1.54, 1.807) is 0 Å². The van der Waals surface area contributed by atoms with Crippen molar-refractivity contribution in [2.75, 3.05) is 14.1 Å². The number of benzene rings is 1. The van der Waals surface area contributed by atoms with E-state index in [9.17, 15) is 14.6 Å². The molecule has 0 aromatic heterocycles.